The highest BCUT2D eigenvalue weighted by molar-refractivity contribution is 5.79. The SMILES string of the molecule is COc1cc(CN(C)c2nc3cc(C)c(C)cc3[nH]2)cc(OC)c1OC. The Balaban J connectivity index is 1.91. The van der Waals surface area contributed by atoms with E-state index in [1.165, 1.54) is 11.1 Å². The number of hydrogen-bond donors (Lipinski definition) is 1. The predicted octanol–water partition coefficient (Wildman–Crippen LogP) is 3.84. The van der Waals surface area contributed by atoms with Crippen LogP contribution in [0.25, 0.3) is 11.0 Å². The van der Waals surface area contributed by atoms with Gasteiger partial charge in [0.25, 0.3) is 0 Å². The van der Waals surface area contributed by atoms with Gasteiger partial charge in [0.15, 0.2) is 11.5 Å². The second kappa shape index (κ2) is 7.15. The monoisotopic (exact) mass is 355 g/mol. The Bertz CT molecular complexity index is 869. The Kier molecular flexibility index (Phi) is 4.93. The Morgan fingerprint density at radius 2 is 1.54 bits per heavy atom. The van der Waals surface area contributed by atoms with Gasteiger partial charge in [-0.15, -0.1) is 0 Å². The largest absolute Gasteiger partial charge is 0.493 e. The lowest BCUT2D eigenvalue weighted by Gasteiger charge is -2.18. The van der Waals surface area contributed by atoms with Crippen LogP contribution in [0.1, 0.15) is 16.7 Å². The Morgan fingerprint density at radius 1 is 0.923 bits per heavy atom. The van der Waals surface area contributed by atoms with Gasteiger partial charge in [0.2, 0.25) is 11.7 Å². The molecule has 0 fully saturated rings. The van der Waals surface area contributed by atoms with Crippen LogP contribution in [-0.4, -0.2) is 38.3 Å². The van der Waals surface area contributed by atoms with Gasteiger partial charge in [-0.1, -0.05) is 0 Å². The van der Waals surface area contributed by atoms with E-state index in [2.05, 4.69) is 35.9 Å². The third kappa shape index (κ3) is 3.27. The maximum Gasteiger partial charge on any atom is 0.203 e. The number of aryl methyl sites for hydroxylation is 2. The molecule has 0 atom stereocenters. The summed E-state index contributed by atoms with van der Waals surface area (Å²) < 4.78 is 16.3. The van der Waals surface area contributed by atoms with Crippen molar-refractivity contribution in [3.8, 4) is 17.2 Å². The van der Waals surface area contributed by atoms with Gasteiger partial charge in [-0.2, -0.15) is 0 Å². The van der Waals surface area contributed by atoms with E-state index in [0.29, 0.717) is 23.8 Å². The molecule has 1 heterocycles. The number of hydrogen-bond acceptors (Lipinski definition) is 5. The van der Waals surface area contributed by atoms with E-state index in [1.54, 1.807) is 21.3 Å². The third-order valence-electron chi connectivity index (χ3n) is 4.59. The normalized spacial score (nSPS) is 10.8. The highest BCUT2D eigenvalue weighted by Gasteiger charge is 2.15. The van der Waals surface area contributed by atoms with Crippen LogP contribution in [0.15, 0.2) is 24.3 Å². The maximum absolute atomic E-state index is 5.43. The summed E-state index contributed by atoms with van der Waals surface area (Å²) in [7, 11) is 6.84. The minimum atomic E-state index is 0.594. The molecular weight excluding hydrogens is 330 g/mol. The molecular formula is C20H25N3O3. The molecule has 6 heteroatoms. The van der Waals surface area contributed by atoms with Gasteiger partial charge in [-0.25, -0.2) is 4.98 Å². The van der Waals surface area contributed by atoms with Crippen molar-refractivity contribution in [2.75, 3.05) is 33.3 Å². The first kappa shape index (κ1) is 17.9. The fourth-order valence-corrected chi connectivity index (χ4v) is 3.01. The first-order valence-corrected chi connectivity index (χ1v) is 8.43. The van der Waals surface area contributed by atoms with E-state index >= 15 is 0 Å². The van der Waals surface area contributed by atoms with Gasteiger partial charge in [-0.05, 0) is 54.8 Å². The summed E-state index contributed by atoms with van der Waals surface area (Å²) >= 11 is 0. The molecule has 1 aromatic heterocycles. The van der Waals surface area contributed by atoms with Gasteiger partial charge in [0.1, 0.15) is 0 Å². The topological polar surface area (TPSA) is 59.6 Å². The Morgan fingerprint density at radius 3 is 2.12 bits per heavy atom. The van der Waals surface area contributed by atoms with Crippen LogP contribution < -0.4 is 19.1 Å². The first-order chi connectivity index (χ1) is 12.5. The molecule has 3 rings (SSSR count). The zero-order valence-electron chi connectivity index (χ0n) is 16.1. The molecule has 0 radical (unpaired) electrons. The predicted molar refractivity (Wildman–Crippen MR) is 104 cm³/mol. The molecule has 3 aromatic rings. The van der Waals surface area contributed by atoms with E-state index in [-0.39, 0.29) is 0 Å². The Hall–Kier alpha value is -2.89. The van der Waals surface area contributed by atoms with E-state index in [0.717, 1.165) is 22.5 Å². The smallest absolute Gasteiger partial charge is 0.203 e. The van der Waals surface area contributed by atoms with Crippen LogP contribution in [0.5, 0.6) is 17.2 Å². The van der Waals surface area contributed by atoms with Crippen molar-refractivity contribution >= 4 is 17.0 Å². The number of ether oxygens (including phenoxy) is 3. The lowest BCUT2D eigenvalue weighted by atomic mass is 10.1. The summed E-state index contributed by atoms with van der Waals surface area (Å²) in [6.07, 6.45) is 0. The van der Waals surface area contributed by atoms with E-state index in [1.807, 2.05) is 19.2 Å². The van der Waals surface area contributed by atoms with Crippen molar-refractivity contribution in [1.82, 2.24) is 9.97 Å². The van der Waals surface area contributed by atoms with Crippen LogP contribution in [0.3, 0.4) is 0 Å². The molecule has 0 saturated heterocycles. The van der Waals surface area contributed by atoms with E-state index < -0.39 is 0 Å². The van der Waals surface area contributed by atoms with Crippen molar-refractivity contribution in [2.24, 2.45) is 0 Å². The van der Waals surface area contributed by atoms with E-state index in [9.17, 15) is 0 Å². The first-order valence-electron chi connectivity index (χ1n) is 8.43. The quantitative estimate of drug-likeness (QED) is 0.728. The average Bonchev–Trinajstić information content (AvgIpc) is 3.04. The summed E-state index contributed by atoms with van der Waals surface area (Å²) in [5, 5.41) is 0. The minimum Gasteiger partial charge on any atom is -0.493 e. The molecule has 26 heavy (non-hydrogen) atoms. The molecule has 0 amide bonds. The molecule has 0 unspecified atom stereocenters. The van der Waals surface area contributed by atoms with Gasteiger partial charge >= 0.3 is 0 Å². The lowest BCUT2D eigenvalue weighted by Crippen LogP contribution is -2.17. The van der Waals surface area contributed by atoms with Crippen molar-refractivity contribution in [2.45, 2.75) is 20.4 Å². The molecule has 0 aliphatic rings. The van der Waals surface area contributed by atoms with Crippen LogP contribution in [0, 0.1) is 13.8 Å². The number of fused-ring (bicyclic) bond motifs is 1. The number of anilines is 1. The summed E-state index contributed by atoms with van der Waals surface area (Å²) in [5.41, 5.74) is 5.54. The minimum absolute atomic E-state index is 0.594. The zero-order chi connectivity index (χ0) is 18.8. The highest BCUT2D eigenvalue weighted by atomic mass is 16.5. The van der Waals surface area contributed by atoms with Gasteiger partial charge < -0.3 is 24.1 Å². The fourth-order valence-electron chi connectivity index (χ4n) is 3.01. The second-order valence-electron chi connectivity index (χ2n) is 6.40. The number of H-pyrrole nitrogens is 1. The number of benzene rings is 2. The third-order valence-corrected chi connectivity index (χ3v) is 4.59. The van der Waals surface area contributed by atoms with Crippen LogP contribution >= 0.6 is 0 Å². The number of nitrogens with one attached hydrogen (secondary N) is 1. The average molecular weight is 355 g/mol. The molecule has 6 nitrogen and oxygen atoms in total. The number of imidazole rings is 1. The summed E-state index contributed by atoms with van der Waals surface area (Å²) in [4.78, 5) is 10.2. The van der Waals surface area contributed by atoms with Crippen molar-refractivity contribution in [3.05, 3.63) is 41.0 Å². The number of aromatic amines is 1. The standard InChI is InChI=1S/C20H25N3O3/c1-12-7-15-16(8-13(12)2)22-20(21-15)23(3)11-14-9-17(24-4)19(26-6)18(10-14)25-5/h7-10H,11H2,1-6H3,(H,21,22). The summed E-state index contributed by atoms with van der Waals surface area (Å²) in [5.74, 6) is 2.70. The summed E-state index contributed by atoms with van der Waals surface area (Å²) in [6.45, 7) is 4.85. The Labute approximate surface area is 153 Å². The number of nitrogens with zero attached hydrogens (tertiary/aromatic N) is 2. The lowest BCUT2D eigenvalue weighted by molar-refractivity contribution is 0.324. The van der Waals surface area contributed by atoms with Crippen LogP contribution in [-0.2, 0) is 6.54 Å². The summed E-state index contributed by atoms with van der Waals surface area (Å²) in [6, 6.07) is 8.15. The van der Waals surface area contributed by atoms with Gasteiger partial charge in [0.05, 0.1) is 32.4 Å². The molecule has 0 saturated carbocycles. The van der Waals surface area contributed by atoms with Crippen LogP contribution in [0.4, 0.5) is 5.95 Å². The molecule has 2 aromatic carbocycles. The number of aromatic nitrogens is 2. The van der Waals surface area contributed by atoms with Crippen molar-refractivity contribution in [1.29, 1.82) is 0 Å². The van der Waals surface area contributed by atoms with Crippen molar-refractivity contribution < 1.29 is 14.2 Å². The van der Waals surface area contributed by atoms with Crippen LogP contribution in [0.2, 0.25) is 0 Å². The second-order valence-corrected chi connectivity index (χ2v) is 6.40. The fraction of sp³-hybridized carbons (Fsp3) is 0.350. The molecule has 0 aliphatic heterocycles. The van der Waals surface area contributed by atoms with Gasteiger partial charge in [0, 0.05) is 13.6 Å². The highest BCUT2D eigenvalue weighted by Crippen LogP contribution is 2.38. The maximum atomic E-state index is 5.43. The molecule has 138 valence electrons. The number of rotatable bonds is 6. The zero-order valence-corrected chi connectivity index (χ0v) is 16.1. The molecule has 0 aliphatic carbocycles. The molecule has 0 bridgehead atoms. The van der Waals surface area contributed by atoms with Gasteiger partial charge in [-0.3, -0.25) is 0 Å². The number of methoxy groups -OCH3 is 3. The molecule has 0 spiro atoms. The van der Waals surface area contributed by atoms with Crippen molar-refractivity contribution in [3.63, 3.8) is 0 Å². The molecule has 1 N–H and O–H groups in total. The van der Waals surface area contributed by atoms with E-state index in [4.69, 9.17) is 19.2 Å².